The van der Waals surface area contributed by atoms with Gasteiger partial charge in [0.15, 0.2) is 5.78 Å². The first-order chi connectivity index (χ1) is 13.4. The average Bonchev–Trinajstić information content (AvgIpc) is 3.32. The molecule has 28 heavy (non-hydrogen) atoms. The summed E-state index contributed by atoms with van der Waals surface area (Å²) < 4.78 is 1.60. The SMILES string of the molecule is Cc1ccc(C(=O)CCC(=O)N2CCC(CNC(=O)c3cnn(C)c3)CC2)s1. The van der Waals surface area contributed by atoms with Crippen LogP contribution in [0.3, 0.4) is 0 Å². The number of carbonyl (C=O) groups excluding carboxylic acids is 3. The first kappa shape index (κ1) is 20.3. The Bertz CT molecular complexity index is 849. The summed E-state index contributed by atoms with van der Waals surface area (Å²) >= 11 is 1.48. The van der Waals surface area contributed by atoms with Crippen LogP contribution in [-0.4, -0.2) is 51.9 Å². The summed E-state index contributed by atoms with van der Waals surface area (Å²) in [5, 5.41) is 6.95. The quantitative estimate of drug-likeness (QED) is 0.721. The Hall–Kier alpha value is -2.48. The van der Waals surface area contributed by atoms with E-state index in [1.807, 2.05) is 24.0 Å². The highest BCUT2D eigenvalue weighted by Gasteiger charge is 2.24. The Kier molecular flexibility index (Phi) is 6.61. The van der Waals surface area contributed by atoms with Crippen LogP contribution in [0.15, 0.2) is 24.5 Å². The molecule has 3 rings (SSSR count). The van der Waals surface area contributed by atoms with Crippen LogP contribution in [0.1, 0.15) is 50.6 Å². The van der Waals surface area contributed by atoms with E-state index in [1.54, 1.807) is 24.1 Å². The Morgan fingerprint density at radius 2 is 1.96 bits per heavy atom. The monoisotopic (exact) mass is 402 g/mol. The maximum absolute atomic E-state index is 12.4. The maximum atomic E-state index is 12.4. The van der Waals surface area contributed by atoms with Gasteiger partial charge in [-0.25, -0.2) is 0 Å². The van der Waals surface area contributed by atoms with Crippen LogP contribution >= 0.6 is 11.3 Å². The van der Waals surface area contributed by atoms with Gasteiger partial charge in [0.25, 0.3) is 5.91 Å². The maximum Gasteiger partial charge on any atom is 0.254 e. The minimum atomic E-state index is -0.117. The number of hydrogen-bond acceptors (Lipinski definition) is 5. The van der Waals surface area contributed by atoms with E-state index in [9.17, 15) is 14.4 Å². The van der Waals surface area contributed by atoms with Crippen molar-refractivity contribution in [3.05, 3.63) is 39.8 Å². The number of Topliss-reactive ketones (excluding diaryl/α,β-unsaturated/α-hetero) is 1. The fraction of sp³-hybridized carbons (Fsp3) is 0.500. The number of aromatic nitrogens is 2. The fourth-order valence-corrected chi connectivity index (χ4v) is 4.19. The van der Waals surface area contributed by atoms with Crippen molar-refractivity contribution in [2.45, 2.75) is 32.6 Å². The number of nitrogens with zero attached hydrogens (tertiary/aromatic N) is 3. The number of thiophene rings is 1. The Balaban J connectivity index is 1.36. The molecule has 3 heterocycles. The molecule has 150 valence electrons. The highest BCUT2D eigenvalue weighted by Crippen LogP contribution is 2.20. The molecule has 0 aliphatic carbocycles. The van der Waals surface area contributed by atoms with Crippen LogP contribution in [0.4, 0.5) is 0 Å². The zero-order chi connectivity index (χ0) is 20.1. The van der Waals surface area contributed by atoms with Crippen molar-refractivity contribution >= 4 is 28.9 Å². The van der Waals surface area contributed by atoms with Crippen molar-refractivity contribution in [2.24, 2.45) is 13.0 Å². The Morgan fingerprint density at radius 3 is 2.57 bits per heavy atom. The van der Waals surface area contributed by atoms with Crippen LogP contribution in [-0.2, 0) is 11.8 Å². The van der Waals surface area contributed by atoms with Crippen LogP contribution < -0.4 is 5.32 Å². The molecule has 1 N–H and O–H groups in total. The molecule has 0 radical (unpaired) electrons. The third-order valence-corrected chi connectivity index (χ3v) is 6.11. The van der Waals surface area contributed by atoms with Crippen LogP contribution in [0.2, 0.25) is 0 Å². The summed E-state index contributed by atoms with van der Waals surface area (Å²) in [6.07, 6.45) is 5.48. The first-order valence-corrected chi connectivity index (χ1v) is 10.4. The van der Waals surface area contributed by atoms with Crippen molar-refractivity contribution in [1.82, 2.24) is 20.0 Å². The van der Waals surface area contributed by atoms with Gasteiger partial charge in [-0.2, -0.15) is 5.10 Å². The zero-order valence-corrected chi connectivity index (χ0v) is 17.1. The largest absolute Gasteiger partial charge is 0.352 e. The third-order valence-electron chi connectivity index (χ3n) is 5.07. The van der Waals surface area contributed by atoms with Gasteiger partial charge in [0.2, 0.25) is 5.91 Å². The summed E-state index contributed by atoms with van der Waals surface area (Å²) in [5.74, 6) is 0.327. The third kappa shape index (κ3) is 5.28. The second kappa shape index (κ2) is 9.14. The molecule has 2 amide bonds. The molecule has 7 nitrogen and oxygen atoms in total. The summed E-state index contributed by atoms with van der Waals surface area (Å²) in [7, 11) is 1.78. The lowest BCUT2D eigenvalue weighted by molar-refractivity contribution is -0.132. The van der Waals surface area contributed by atoms with Crippen molar-refractivity contribution in [2.75, 3.05) is 19.6 Å². The average molecular weight is 403 g/mol. The van der Waals surface area contributed by atoms with Crippen molar-refractivity contribution in [3.63, 3.8) is 0 Å². The van der Waals surface area contributed by atoms with Gasteiger partial charge < -0.3 is 10.2 Å². The first-order valence-electron chi connectivity index (χ1n) is 9.56. The van der Waals surface area contributed by atoms with Gasteiger partial charge in [-0.1, -0.05) is 0 Å². The van der Waals surface area contributed by atoms with Crippen LogP contribution in [0, 0.1) is 12.8 Å². The molecule has 0 aromatic carbocycles. The molecule has 0 unspecified atom stereocenters. The number of amides is 2. The number of ketones is 1. The predicted molar refractivity (Wildman–Crippen MR) is 107 cm³/mol. The topological polar surface area (TPSA) is 84.3 Å². The minimum absolute atomic E-state index is 0.0412. The second-order valence-corrected chi connectivity index (χ2v) is 8.56. The number of aryl methyl sites for hydroxylation is 2. The van der Waals surface area contributed by atoms with Gasteiger partial charge in [0.1, 0.15) is 0 Å². The number of piperidine rings is 1. The van der Waals surface area contributed by atoms with E-state index >= 15 is 0 Å². The van der Waals surface area contributed by atoms with E-state index in [2.05, 4.69) is 10.4 Å². The van der Waals surface area contributed by atoms with E-state index < -0.39 is 0 Å². The highest BCUT2D eigenvalue weighted by molar-refractivity contribution is 7.14. The summed E-state index contributed by atoms with van der Waals surface area (Å²) in [5.41, 5.74) is 0.556. The summed E-state index contributed by atoms with van der Waals surface area (Å²) in [4.78, 5) is 40.3. The smallest absolute Gasteiger partial charge is 0.254 e. The van der Waals surface area contributed by atoms with E-state index in [1.165, 1.54) is 11.3 Å². The van der Waals surface area contributed by atoms with E-state index in [0.29, 0.717) is 31.1 Å². The molecular formula is C20H26N4O3S. The molecule has 1 saturated heterocycles. The molecule has 0 bridgehead atoms. The summed E-state index contributed by atoms with van der Waals surface area (Å²) in [6, 6.07) is 3.76. The molecule has 8 heteroatoms. The van der Waals surface area contributed by atoms with E-state index in [4.69, 9.17) is 0 Å². The van der Waals surface area contributed by atoms with E-state index in [-0.39, 0.29) is 30.4 Å². The molecule has 0 saturated carbocycles. The van der Waals surface area contributed by atoms with Gasteiger partial charge in [-0.05, 0) is 37.8 Å². The van der Waals surface area contributed by atoms with Crippen molar-refractivity contribution < 1.29 is 14.4 Å². The summed E-state index contributed by atoms with van der Waals surface area (Å²) in [6.45, 7) is 3.93. The van der Waals surface area contributed by atoms with Crippen molar-refractivity contribution in [1.29, 1.82) is 0 Å². The number of rotatable bonds is 7. The minimum Gasteiger partial charge on any atom is -0.352 e. The normalized spacial score (nSPS) is 14.9. The molecular weight excluding hydrogens is 376 g/mol. The van der Waals surface area contributed by atoms with Gasteiger partial charge >= 0.3 is 0 Å². The molecule has 1 aliphatic rings. The number of nitrogens with one attached hydrogen (secondary N) is 1. The number of likely N-dealkylation sites (tertiary alicyclic amines) is 1. The lowest BCUT2D eigenvalue weighted by Gasteiger charge is -2.32. The van der Waals surface area contributed by atoms with Gasteiger partial charge in [0, 0.05) is 50.6 Å². The van der Waals surface area contributed by atoms with Crippen molar-refractivity contribution in [3.8, 4) is 0 Å². The standard InChI is InChI=1S/C20H26N4O3S/c1-14-3-5-18(28-14)17(25)4-6-19(26)24-9-7-15(8-10-24)11-21-20(27)16-12-22-23(2)13-16/h3,5,12-13,15H,4,6-11H2,1-2H3,(H,21,27). The molecule has 1 fully saturated rings. The fourth-order valence-electron chi connectivity index (χ4n) is 3.35. The van der Waals surface area contributed by atoms with Crippen LogP contribution in [0.5, 0.6) is 0 Å². The van der Waals surface area contributed by atoms with Gasteiger partial charge in [0.05, 0.1) is 16.6 Å². The highest BCUT2D eigenvalue weighted by atomic mass is 32.1. The predicted octanol–water partition coefficient (Wildman–Crippen LogP) is 2.42. The molecule has 2 aromatic rings. The Labute approximate surface area is 168 Å². The molecule has 1 aliphatic heterocycles. The van der Waals surface area contributed by atoms with Gasteiger partial charge in [-0.3, -0.25) is 19.1 Å². The molecule has 0 atom stereocenters. The lowest BCUT2D eigenvalue weighted by Crippen LogP contribution is -2.41. The molecule has 2 aromatic heterocycles. The zero-order valence-electron chi connectivity index (χ0n) is 16.3. The van der Waals surface area contributed by atoms with E-state index in [0.717, 1.165) is 22.6 Å². The second-order valence-electron chi connectivity index (χ2n) is 7.27. The molecule has 0 spiro atoms. The van der Waals surface area contributed by atoms with Crippen LogP contribution in [0.25, 0.3) is 0 Å². The lowest BCUT2D eigenvalue weighted by atomic mass is 9.96. The van der Waals surface area contributed by atoms with Gasteiger partial charge in [-0.15, -0.1) is 11.3 Å². The number of hydrogen-bond donors (Lipinski definition) is 1. The Morgan fingerprint density at radius 1 is 1.21 bits per heavy atom. The number of carbonyl (C=O) groups is 3.